The minimum absolute atomic E-state index is 0.826. The molecule has 0 nitrogen and oxygen atoms in total. The first-order valence-electron chi connectivity index (χ1n) is 9.11. The van der Waals surface area contributed by atoms with E-state index in [0.717, 1.165) is 0 Å². The van der Waals surface area contributed by atoms with Gasteiger partial charge in [-0.25, -0.2) is 0 Å². The molecule has 0 aliphatic heterocycles. The molecule has 0 N–H and O–H groups in total. The third kappa shape index (κ3) is 4.23. The average Bonchev–Trinajstić information content (AvgIpc) is 3.20. The van der Waals surface area contributed by atoms with Gasteiger partial charge in [-0.2, -0.15) is 0 Å². The molecule has 126 valence electrons. The molecular formula is C20H26Cl2SiZr+2. The van der Waals surface area contributed by atoms with Gasteiger partial charge in [0.25, 0.3) is 0 Å². The normalized spacial score (nSPS) is 28.2. The molecule has 4 heteroatoms. The summed E-state index contributed by atoms with van der Waals surface area (Å²) in [5.74, 6) is 6.81. The fourth-order valence-corrected chi connectivity index (χ4v) is 8.10. The Balaban J connectivity index is 0.000000526. The van der Waals surface area contributed by atoms with Crippen LogP contribution in [0.4, 0.5) is 0 Å². The van der Waals surface area contributed by atoms with E-state index in [4.69, 9.17) is 17.0 Å². The number of hydrogen-bond donors (Lipinski definition) is 0. The first kappa shape index (κ1) is 20.4. The molecule has 0 amide bonds. The van der Waals surface area contributed by atoms with E-state index in [9.17, 15) is 0 Å². The Morgan fingerprint density at radius 3 is 1.50 bits per heavy atom. The zero-order chi connectivity index (χ0) is 17.2. The molecule has 4 fully saturated rings. The fourth-order valence-electron chi connectivity index (χ4n) is 4.73. The number of halogens is 2. The molecule has 4 saturated carbocycles. The SMILES string of the molecule is C[Si](C)([C]1[CH][CH][C]2CCCC[C]21)[C]1[CH][CH][C]2CCCC[C]21.[Cl][Zr+2][Cl]. The number of rotatable bonds is 2. The average molecular weight is 457 g/mol. The summed E-state index contributed by atoms with van der Waals surface area (Å²) in [5.41, 5.74) is 3.49. The van der Waals surface area contributed by atoms with Gasteiger partial charge in [-0.15, -0.1) is 0 Å². The van der Waals surface area contributed by atoms with Gasteiger partial charge in [0.1, 0.15) is 0 Å². The summed E-state index contributed by atoms with van der Waals surface area (Å²) >= 11 is -0.826. The topological polar surface area (TPSA) is 0 Å². The predicted molar refractivity (Wildman–Crippen MR) is 103 cm³/mol. The summed E-state index contributed by atoms with van der Waals surface area (Å²) in [6.07, 6.45) is 20.7. The van der Waals surface area contributed by atoms with Crippen LogP contribution in [0.5, 0.6) is 0 Å². The van der Waals surface area contributed by atoms with Crippen LogP contribution >= 0.6 is 17.0 Å². The van der Waals surface area contributed by atoms with Crippen molar-refractivity contribution < 1.29 is 20.8 Å². The van der Waals surface area contributed by atoms with Crippen LogP contribution in [0, 0.1) is 60.4 Å². The molecule has 0 bridgehead atoms. The van der Waals surface area contributed by atoms with Crippen LogP contribution in [0.2, 0.25) is 13.1 Å². The van der Waals surface area contributed by atoms with Gasteiger partial charge in [0.15, 0.2) is 0 Å². The molecule has 10 radical (unpaired) electrons. The van der Waals surface area contributed by atoms with Crippen molar-refractivity contribution in [3.05, 3.63) is 60.4 Å². The first-order valence-corrected chi connectivity index (χ1v) is 18.4. The van der Waals surface area contributed by atoms with Gasteiger partial charge in [-0.05, 0) is 86.1 Å². The Bertz CT molecular complexity index is 369. The summed E-state index contributed by atoms with van der Waals surface area (Å²) in [6.45, 7) is 5.17. The summed E-state index contributed by atoms with van der Waals surface area (Å²) in [4.78, 5) is 0. The van der Waals surface area contributed by atoms with Gasteiger partial charge in [-0.3, -0.25) is 0 Å². The fraction of sp³-hybridized carbons (Fsp3) is 0.500. The van der Waals surface area contributed by atoms with Crippen molar-refractivity contribution in [2.45, 2.75) is 64.5 Å². The molecule has 0 aromatic heterocycles. The van der Waals surface area contributed by atoms with Crippen molar-refractivity contribution in [2.75, 3.05) is 0 Å². The molecule has 0 aromatic carbocycles. The monoisotopic (exact) mass is 454 g/mol. The minimum atomic E-state index is -1.51. The van der Waals surface area contributed by atoms with E-state index in [1.54, 1.807) is 34.8 Å². The van der Waals surface area contributed by atoms with Gasteiger partial charge in [0, 0.05) is 0 Å². The summed E-state index contributed by atoms with van der Waals surface area (Å²) in [6, 6.07) is 0. The van der Waals surface area contributed by atoms with Crippen LogP contribution < -0.4 is 0 Å². The Morgan fingerprint density at radius 2 is 1.08 bits per heavy atom. The van der Waals surface area contributed by atoms with Crippen LogP contribution in [0.15, 0.2) is 0 Å². The number of fused-ring (bicyclic) bond motifs is 2. The molecule has 0 saturated heterocycles. The maximum atomic E-state index is 4.93. The van der Waals surface area contributed by atoms with Gasteiger partial charge < -0.3 is 0 Å². The number of hydrogen-bond acceptors (Lipinski definition) is 0. The van der Waals surface area contributed by atoms with Crippen molar-refractivity contribution in [1.29, 1.82) is 0 Å². The van der Waals surface area contributed by atoms with Crippen molar-refractivity contribution in [3.63, 3.8) is 0 Å². The van der Waals surface area contributed by atoms with E-state index in [1.807, 2.05) is 0 Å². The summed E-state index contributed by atoms with van der Waals surface area (Å²) in [7, 11) is 8.36. The van der Waals surface area contributed by atoms with Crippen LogP contribution in [-0.2, 0) is 20.8 Å². The molecule has 0 aromatic rings. The van der Waals surface area contributed by atoms with Crippen molar-refractivity contribution in [2.24, 2.45) is 0 Å². The van der Waals surface area contributed by atoms with Gasteiger partial charge >= 0.3 is 37.9 Å². The zero-order valence-corrected chi connectivity index (χ0v) is 19.7. The molecule has 0 spiro atoms. The molecule has 0 unspecified atom stereocenters. The second kappa shape index (κ2) is 9.25. The molecule has 4 aliphatic rings. The molecular weight excluding hydrogens is 430 g/mol. The van der Waals surface area contributed by atoms with E-state index in [2.05, 4.69) is 38.8 Å². The molecule has 4 rings (SSSR count). The van der Waals surface area contributed by atoms with E-state index in [0.29, 0.717) is 0 Å². The van der Waals surface area contributed by atoms with Crippen molar-refractivity contribution in [3.8, 4) is 0 Å². The van der Waals surface area contributed by atoms with Crippen LogP contribution in [-0.4, -0.2) is 8.07 Å². The Hall–Kier alpha value is 1.68. The Labute approximate surface area is 169 Å². The molecule has 4 aliphatic carbocycles. The third-order valence-corrected chi connectivity index (χ3v) is 9.55. The Morgan fingerprint density at radius 1 is 0.708 bits per heavy atom. The second-order valence-electron chi connectivity index (χ2n) is 7.61. The van der Waals surface area contributed by atoms with Crippen LogP contribution in [0.3, 0.4) is 0 Å². The van der Waals surface area contributed by atoms with Crippen LogP contribution in [0.25, 0.3) is 0 Å². The molecule has 0 heterocycles. The quantitative estimate of drug-likeness (QED) is 0.411. The van der Waals surface area contributed by atoms with Gasteiger partial charge in [-0.1, -0.05) is 38.8 Å². The maximum absolute atomic E-state index is 4.93. The molecule has 0 atom stereocenters. The van der Waals surface area contributed by atoms with Gasteiger partial charge in [0.2, 0.25) is 0 Å². The van der Waals surface area contributed by atoms with Crippen molar-refractivity contribution >= 4 is 25.1 Å². The predicted octanol–water partition coefficient (Wildman–Crippen LogP) is 6.59. The van der Waals surface area contributed by atoms with Gasteiger partial charge in [0.05, 0.1) is 8.07 Å². The van der Waals surface area contributed by atoms with E-state index in [-0.39, 0.29) is 0 Å². The van der Waals surface area contributed by atoms with Crippen molar-refractivity contribution in [1.82, 2.24) is 0 Å². The molecule has 24 heavy (non-hydrogen) atoms. The second-order valence-corrected chi connectivity index (χ2v) is 15.7. The summed E-state index contributed by atoms with van der Waals surface area (Å²) in [5, 5.41) is 0. The van der Waals surface area contributed by atoms with E-state index in [1.165, 1.54) is 51.4 Å². The van der Waals surface area contributed by atoms with E-state index >= 15 is 0 Å². The summed E-state index contributed by atoms with van der Waals surface area (Å²) < 4.78 is 0. The van der Waals surface area contributed by atoms with Crippen LogP contribution in [0.1, 0.15) is 51.4 Å². The standard InChI is InChI=1S/C20H26Si.2ClH.Zr/c1-21(2,19-13-11-15-7-3-5-9-17(15)19)20-14-12-16-8-4-6-10-18(16)20;;;/h11-14H,3-10H2,1-2H3;2*1H;/q;;;+4/p-2. The third-order valence-electron chi connectivity index (χ3n) is 5.92. The first-order chi connectivity index (χ1) is 11.6. The zero-order valence-electron chi connectivity index (χ0n) is 14.7. The Kier molecular flexibility index (Phi) is 7.87. The van der Waals surface area contributed by atoms with E-state index < -0.39 is 28.9 Å².